The molecule has 0 bridgehead atoms. The Bertz CT molecular complexity index is 311. The zero-order valence-corrected chi connectivity index (χ0v) is 8.19. The monoisotopic (exact) mass is 195 g/mol. The van der Waals surface area contributed by atoms with Crippen LogP contribution >= 0.6 is 0 Å². The van der Waals surface area contributed by atoms with Gasteiger partial charge in [0.15, 0.2) is 0 Å². The number of nitrogens with zero attached hydrogens (tertiary/aromatic N) is 2. The van der Waals surface area contributed by atoms with Gasteiger partial charge in [-0.2, -0.15) is 0 Å². The Morgan fingerprint density at radius 2 is 2.07 bits per heavy atom. The standard InChI is InChI=1S/C9H13N3O2/c1-9(2,6-13)12-8(14)7-10-4-3-5-11-7/h3-5,13H,6H2,1-2H3,(H,12,14). The summed E-state index contributed by atoms with van der Waals surface area (Å²) in [6.45, 7) is 3.30. The van der Waals surface area contributed by atoms with Gasteiger partial charge in [-0.1, -0.05) is 0 Å². The topological polar surface area (TPSA) is 75.1 Å². The summed E-state index contributed by atoms with van der Waals surface area (Å²) in [6.07, 6.45) is 2.99. The summed E-state index contributed by atoms with van der Waals surface area (Å²) >= 11 is 0. The molecule has 0 saturated carbocycles. The zero-order valence-electron chi connectivity index (χ0n) is 8.19. The van der Waals surface area contributed by atoms with E-state index in [0.29, 0.717) is 0 Å². The van der Waals surface area contributed by atoms with E-state index in [-0.39, 0.29) is 18.3 Å². The van der Waals surface area contributed by atoms with Crippen molar-refractivity contribution in [3.63, 3.8) is 0 Å². The smallest absolute Gasteiger partial charge is 0.289 e. The van der Waals surface area contributed by atoms with Crippen LogP contribution in [0, 0.1) is 0 Å². The molecule has 0 spiro atoms. The van der Waals surface area contributed by atoms with Crippen molar-refractivity contribution in [3.8, 4) is 0 Å². The number of carbonyl (C=O) groups excluding carboxylic acids is 1. The molecule has 1 aromatic rings. The van der Waals surface area contributed by atoms with E-state index in [1.807, 2.05) is 0 Å². The van der Waals surface area contributed by atoms with Gasteiger partial charge < -0.3 is 10.4 Å². The van der Waals surface area contributed by atoms with Gasteiger partial charge in [-0.25, -0.2) is 9.97 Å². The number of hydrogen-bond donors (Lipinski definition) is 2. The number of aliphatic hydroxyl groups is 1. The molecular formula is C9H13N3O2. The summed E-state index contributed by atoms with van der Waals surface area (Å²) in [6, 6.07) is 1.63. The largest absolute Gasteiger partial charge is 0.394 e. The predicted octanol–water partition coefficient (Wildman–Crippen LogP) is -0.0227. The summed E-state index contributed by atoms with van der Waals surface area (Å²) in [5.74, 6) is -0.279. The maximum absolute atomic E-state index is 11.5. The van der Waals surface area contributed by atoms with Crippen LogP contribution in [-0.2, 0) is 0 Å². The van der Waals surface area contributed by atoms with Crippen LogP contribution in [0.4, 0.5) is 0 Å². The number of aliphatic hydroxyl groups excluding tert-OH is 1. The summed E-state index contributed by atoms with van der Waals surface area (Å²) < 4.78 is 0. The van der Waals surface area contributed by atoms with E-state index < -0.39 is 5.54 Å². The minimum atomic E-state index is -0.656. The van der Waals surface area contributed by atoms with Gasteiger partial charge in [0, 0.05) is 12.4 Å². The van der Waals surface area contributed by atoms with E-state index in [4.69, 9.17) is 5.11 Å². The van der Waals surface area contributed by atoms with Crippen LogP contribution in [0.15, 0.2) is 18.5 Å². The molecule has 0 aromatic carbocycles. The van der Waals surface area contributed by atoms with E-state index in [0.717, 1.165) is 0 Å². The molecule has 0 aliphatic rings. The maximum Gasteiger partial charge on any atom is 0.289 e. The molecule has 14 heavy (non-hydrogen) atoms. The molecule has 1 rings (SSSR count). The SMILES string of the molecule is CC(C)(CO)NC(=O)c1ncccn1. The normalized spacial score (nSPS) is 11.1. The number of nitrogens with one attached hydrogen (secondary N) is 1. The molecule has 0 fully saturated rings. The number of amides is 1. The zero-order chi connectivity index (χ0) is 10.6. The highest BCUT2D eigenvalue weighted by Crippen LogP contribution is 2.01. The average Bonchev–Trinajstić information content (AvgIpc) is 2.19. The molecule has 0 radical (unpaired) electrons. The Morgan fingerprint density at radius 3 is 2.57 bits per heavy atom. The molecule has 76 valence electrons. The van der Waals surface area contributed by atoms with Gasteiger partial charge in [0.05, 0.1) is 12.1 Å². The first-order chi connectivity index (χ1) is 6.55. The second-order valence-corrected chi connectivity index (χ2v) is 3.57. The lowest BCUT2D eigenvalue weighted by Gasteiger charge is -2.22. The van der Waals surface area contributed by atoms with Crippen LogP contribution in [-0.4, -0.2) is 33.1 Å². The van der Waals surface area contributed by atoms with Crippen molar-refractivity contribution in [1.29, 1.82) is 0 Å². The quantitative estimate of drug-likeness (QED) is 0.710. The van der Waals surface area contributed by atoms with Gasteiger partial charge in [0.1, 0.15) is 0 Å². The van der Waals surface area contributed by atoms with Crippen molar-refractivity contribution in [2.24, 2.45) is 0 Å². The lowest BCUT2D eigenvalue weighted by Crippen LogP contribution is -2.46. The van der Waals surface area contributed by atoms with Crippen molar-refractivity contribution in [1.82, 2.24) is 15.3 Å². The molecule has 0 atom stereocenters. The molecule has 0 aliphatic heterocycles. The van der Waals surface area contributed by atoms with Crippen molar-refractivity contribution in [2.45, 2.75) is 19.4 Å². The molecule has 5 nitrogen and oxygen atoms in total. The van der Waals surface area contributed by atoms with E-state index in [9.17, 15) is 4.79 Å². The first-order valence-corrected chi connectivity index (χ1v) is 4.25. The molecule has 0 aliphatic carbocycles. The predicted molar refractivity (Wildman–Crippen MR) is 50.7 cm³/mol. The Labute approximate surface area is 82.2 Å². The third-order valence-electron chi connectivity index (χ3n) is 1.62. The van der Waals surface area contributed by atoms with Gasteiger partial charge in [0.2, 0.25) is 5.82 Å². The Morgan fingerprint density at radius 1 is 1.50 bits per heavy atom. The van der Waals surface area contributed by atoms with E-state index in [1.54, 1.807) is 19.9 Å². The third kappa shape index (κ3) is 2.77. The summed E-state index contributed by atoms with van der Waals surface area (Å²) in [4.78, 5) is 19.1. The van der Waals surface area contributed by atoms with Crippen LogP contribution in [0.1, 0.15) is 24.5 Å². The number of carbonyl (C=O) groups is 1. The van der Waals surface area contributed by atoms with Crippen molar-refractivity contribution in [3.05, 3.63) is 24.3 Å². The number of hydrogen-bond acceptors (Lipinski definition) is 4. The molecule has 0 saturated heterocycles. The number of rotatable bonds is 3. The molecular weight excluding hydrogens is 182 g/mol. The Balaban J connectivity index is 2.69. The van der Waals surface area contributed by atoms with Crippen LogP contribution < -0.4 is 5.32 Å². The lowest BCUT2D eigenvalue weighted by molar-refractivity contribution is 0.0858. The Kier molecular flexibility index (Phi) is 3.14. The fourth-order valence-electron chi connectivity index (χ4n) is 0.819. The summed E-state index contributed by atoms with van der Waals surface area (Å²) in [5.41, 5.74) is -0.656. The summed E-state index contributed by atoms with van der Waals surface area (Å²) in [5, 5.41) is 11.5. The molecule has 0 unspecified atom stereocenters. The van der Waals surface area contributed by atoms with Crippen LogP contribution in [0.5, 0.6) is 0 Å². The van der Waals surface area contributed by atoms with E-state index in [2.05, 4.69) is 15.3 Å². The van der Waals surface area contributed by atoms with Crippen LogP contribution in [0.3, 0.4) is 0 Å². The second kappa shape index (κ2) is 4.15. The molecule has 2 N–H and O–H groups in total. The molecule has 5 heteroatoms. The van der Waals surface area contributed by atoms with Crippen molar-refractivity contribution >= 4 is 5.91 Å². The van der Waals surface area contributed by atoms with Gasteiger partial charge in [0.25, 0.3) is 5.91 Å². The third-order valence-corrected chi connectivity index (χ3v) is 1.62. The minimum Gasteiger partial charge on any atom is -0.394 e. The molecule has 1 heterocycles. The number of aromatic nitrogens is 2. The first kappa shape index (κ1) is 10.6. The van der Waals surface area contributed by atoms with Crippen molar-refractivity contribution in [2.75, 3.05) is 6.61 Å². The lowest BCUT2D eigenvalue weighted by atomic mass is 10.1. The highest BCUT2D eigenvalue weighted by Gasteiger charge is 2.20. The van der Waals surface area contributed by atoms with Crippen LogP contribution in [0.2, 0.25) is 0 Å². The highest BCUT2D eigenvalue weighted by molar-refractivity contribution is 5.90. The minimum absolute atomic E-state index is 0.106. The fourth-order valence-corrected chi connectivity index (χ4v) is 0.819. The maximum atomic E-state index is 11.5. The van der Waals surface area contributed by atoms with Crippen LogP contribution in [0.25, 0.3) is 0 Å². The Hall–Kier alpha value is -1.49. The highest BCUT2D eigenvalue weighted by atomic mass is 16.3. The summed E-state index contributed by atoms with van der Waals surface area (Å²) in [7, 11) is 0. The van der Waals surface area contributed by atoms with Gasteiger partial charge in [-0.15, -0.1) is 0 Å². The van der Waals surface area contributed by atoms with Gasteiger partial charge >= 0.3 is 0 Å². The molecule has 1 amide bonds. The van der Waals surface area contributed by atoms with Crippen molar-refractivity contribution < 1.29 is 9.90 Å². The van der Waals surface area contributed by atoms with Gasteiger partial charge in [-0.05, 0) is 19.9 Å². The first-order valence-electron chi connectivity index (χ1n) is 4.25. The average molecular weight is 195 g/mol. The van der Waals surface area contributed by atoms with Gasteiger partial charge in [-0.3, -0.25) is 4.79 Å². The fraction of sp³-hybridized carbons (Fsp3) is 0.444. The second-order valence-electron chi connectivity index (χ2n) is 3.57. The molecule has 1 aromatic heterocycles. The van der Waals surface area contributed by atoms with E-state index >= 15 is 0 Å². The van der Waals surface area contributed by atoms with E-state index in [1.165, 1.54) is 12.4 Å².